The number of halogens is 2. The smallest absolute Gasteiger partial charge is 0.212 e. The van der Waals surface area contributed by atoms with Crippen molar-refractivity contribution < 1.29 is 8.42 Å². The monoisotopic (exact) mass is 238 g/mol. The normalized spacial score (nSPS) is 14.1. The summed E-state index contributed by atoms with van der Waals surface area (Å²) in [4.78, 5) is 0. The molecule has 1 unspecified atom stereocenters. The molecule has 0 fully saturated rings. The molecule has 1 aromatic rings. The number of rotatable bonds is 2. The quantitative estimate of drug-likeness (QED) is 0.743. The van der Waals surface area contributed by atoms with E-state index in [2.05, 4.69) is 0 Å². The van der Waals surface area contributed by atoms with Gasteiger partial charge in [-0.15, -0.1) is 0 Å². The molecular weight excluding hydrogens is 231 g/mol. The van der Waals surface area contributed by atoms with Crippen LogP contribution in [-0.4, -0.2) is 8.42 Å². The van der Waals surface area contributed by atoms with Crippen LogP contribution >= 0.6 is 22.3 Å². The minimum Gasteiger partial charge on any atom is -0.212 e. The summed E-state index contributed by atoms with van der Waals surface area (Å²) in [6.45, 7) is 1.53. The molecule has 72 valence electrons. The van der Waals surface area contributed by atoms with E-state index in [1.54, 1.807) is 24.3 Å². The molecule has 0 aliphatic rings. The van der Waals surface area contributed by atoms with Gasteiger partial charge >= 0.3 is 0 Å². The molecule has 13 heavy (non-hydrogen) atoms. The molecule has 0 saturated carbocycles. The van der Waals surface area contributed by atoms with E-state index >= 15 is 0 Å². The highest BCUT2D eigenvalue weighted by Gasteiger charge is 2.18. The SMILES string of the molecule is CC(c1ccc(Cl)cc1)S(=O)(=O)Cl. The Balaban J connectivity index is 3.04. The van der Waals surface area contributed by atoms with Gasteiger partial charge in [-0.05, 0) is 24.6 Å². The predicted octanol–water partition coefficient (Wildman–Crippen LogP) is 2.97. The Hall–Kier alpha value is -0.250. The summed E-state index contributed by atoms with van der Waals surface area (Å²) in [7, 11) is 1.66. The Kier molecular flexibility index (Phi) is 3.22. The maximum atomic E-state index is 10.9. The van der Waals surface area contributed by atoms with Crippen molar-refractivity contribution in [2.45, 2.75) is 12.2 Å². The number of hydrogen-bond donors (Lipinski definition) is 0. The van der Waals surface area contributed by atoms with Crippen molar-refractivity contribution in [1.29, 1.82) is 0 Å². The van der Waals surface area contributed by atoms with E-state index in [1.807, 2.05) is 0 Å². The molecule has 0 heterocycles. The van der Waals surface area contributed by atoms with E-state index in [9.17, 15) is 8.42 Å². The minimum atomic E-state index is -3.54. The second-order valence-corrected chi connectivity index (χ2v) is 6.05. The molecule has 1 rings (SSSR count). The van der Waals surface area contributed by atoms with Crippen molar-refractivity contribution >= 4 is 31.3 Å². The summed E-state index contributed by atoms with van der Waals surface area (Å²) in [6, 6.07) is 6.56. The van der Waals surface area contributed by atoms with Crippen LogP contribution in [0.4, 0.5) is 0 Å². The van der Waals surface area contributed by atoms with Crippen LogP contribution in [0.2, 0.25) is 5.02 Å². The Morgan fingerprint density at radius 3 is 2.08 bits per heavy atom. The molecule has 0 saturated heterocycles. The Labute approximate surface area is 86.9 Å². The summed E-state index contributed by atoms with van der Waals surface area (Å²) >= 11 is 5.65. The first-order chi connectivity index (χ1) is 5.91. The zero-order chi connectivity index (χ0) is 10.1. The third-order valence-corrected chi connectivity index (χ3v) is 3.93. The molecule has 1 atom stereocenters. The lowest BCUT2D eigenvalue weighted by atomic mass is 10.2. The van der Waals surface area contributed by atoms with Crippen LogP contribution in [0.25, 0.3) is 0 Å². The second-order valence-electron chi connectivity index (χ2n) is 2.67. The molecule has 0 spiro atoms. The highest BCUT2D eigenvalue weighted by atomic mass is 35.7. The fourth-order valence-electron chi connectivity index (χ4n) is 0.896. The second kappa shape index (κ2) is 3.86. The average Bonchev–Trinajstić information content (AvgIpc) is 2.03. The molecule has 5 heteroatoms. The van der Waals surface area contributed by atoms with Crippen molar-refractivity contribution in [3.8, 4) is 0 Å². The summed E-state index contributed by atoms with van der Waals surface area (Å²) in [6.07, 6.45) is 0. The van der Waals surface area contributed by atoms with Gasteiger partial charge in [0.1, 0.15) is 0 Å². The van der Waals surface area contributed by atoms with Gasteiger partial charge in [0.05, 0.1) is 5.25 Å². The highest BCUT2D eigenvalue weighted by Crippen LogP contribution is 2.25. The summed E-state index contributed by atoms with van der Waals surface area (Å²) in [5, 5.41) is -0.130. The zero-order valence-corrected chi connectivity index (χ0v) is 9.20. The van der Waals surface area contributed by atoms with Crippen LogP contribution in [0.5, 0.6) is 0 Å². The van der Waals surface area contributed by atoms with Gasteiger partial charge < -0.3 is 0 Å². The lowest BCUT2D eigenvalue weighted by molar-refractivity contribution is 0.600. The van der Waals surface area contributed by atoms with Crippen LogP contribution in [0.3, 0.4) is 0 Å². The average molecular weight is 239 g/mol. The van der Waals surface area contributed by atoms with Gasteiger partial charge in [0, 0.05) is 15.7 Å². The maximum absolute atomic E-state index is 10.9. The van der Waals surface area contributed by atoms with Gasteiger partial charge in [0.2, 0.25) is 9.05 Å². The molecule has 0 aromatic heterocycles. The fraction of sp³-hybridized carbons (Fsp3) is 0.250. The fourth-order valence-corrected chi connectivity index (χ4v) is 1.81. The van der Waals surface area contributed by atoms with E-state index in [1.165, 1.54) is 6.92 Å². The summed E-state index contributed by atoms with van der Waals surface area (Å²) in [5.74, 6) is 0. The standard InChI is InChI=1S/C8H8Cl2O2S/c1-6(13(10,11)12)7-2-4-8(9)5-3-7/h2-6H,1H3. The van der Waals surface area contributed by atoms with Gasteiger partial charge in [-0.25, -0.2) is 8.42 Å². The topological polar surface area (TPSA) is 34.1 Å². The van der Waals surface area contributed by atoms with Gasteiger partial charge in [0.15, 0.2) is 0 Å². The number of hydrogen-bond acceptors (Lipinski definition) is 2. The van der Waals surface area contributed by atoms with Crippen LogP contribution in [-0.2, 0) is 9.05 Å². The maximum Gasteiger partial charge on any atom is 0.239 e. The summed E-state index contributed by atoms with van der Waals surface area (Å²) < 4.78 is 21.9. The number of benzene rings is 1. The van der Waals surface area contributed by atoms with Crippen molar-refractivity contribution in [2.24, 2.45) is 0 Å². The minimum absolute atomic E-state index is 0.572. The first kappa shape index (κ1) is 10.8. The zero-order valence-electron chi connectivity index (χ0n) is 6.87. The van der Waals surface area contributed by atoms with Crippen molar-refractivity contribution in [2.75, 3.05) is 0 Å². The molecule has 2 nitrogen and oxygen atoms in total. The van der Waals surface area contributed by atoms with Crippen molar-refractivity contribution in [1.82, 2.24) is 0 Å². The molecule has 0 N–H and O–H groups in total. The van der Waals surface area contributed by atoms with E-state index < -0.39 is 14.3 Å². The van der Waals surface area contributed by atoms with Crippen LogP contribution in [0, 0.1) is 0 Å². The van der Waals surface area contributed by atoms with Crippen molar-refractivity contribution in [3.63, 3.8) is 0 Å². The van der Waals surface area contributed by atoms with Gasteiger partial charge in [0.25, 0.3) is 0 Å². The van der Waals surface area contributed by atoms with Crippen molar-refractivity contribution in [3.05, 3.63) is 34.9 Å². The molecule has 1 aromatic carbocycles. The lowest BCUT2D eigenvalue weighted by Crippen LogP contribution is -2.02. The molecular formula is C8H8Cl2O2S. The first-order valence-corrected chi connectivity index (χ1v) is 6.35. The lowest BCUT2D eigenvalue weighted by Gasteiger charge is -2.07. The predicted molar refractivity (Wildman–Crippen MR) is 54.6 cm³/mol. The molecule has 0 aliphatic carbocycles. The van der Waals surface area contributed by atoms with Gasteiger partial charge in [-0.3, -0.25) is 0 Å². The Morgan fingerprint density at radius 1 is 1.23 bits per heavy atom. The third-order valence-electron chi connectivity index (χ3n) is 1.76. The Morgan fingerprint density at radius 2 is 1.69 bits per heavy atom. The molecule has 0 radical (unpaired) electrons. The van der Waals surface area contributed by atoms with Crippen LogP contribution in [0.1, 0.15) is 17.7 Å². The van der Waals surface area contributed by atoms with Crippen LogP contribution < -0.4 is 0 Å². The first-order valence-electron chi connectivity index (χ1n) is 3.60. The Bertz CT molecular complexity index is 383. The molecule has 0 bridgehead atoms. The highest BCUT2D eigenvalue weighted by molar-refractivity contribution is 8.13. The molecule has 0 aliphatic heterocycles. The largest absolute Gasteiger partial charge is 0.239 e. The summed E-state index contributed by atoms with van der Waals surface area (Å²) in [5.41, 5.74) is 0.638. The molecule has 0 amide bonds. The van der Waals surface area contributed by atoms with Gasteiger partial charge in [-0.2, -0.15) is 0 Å². The van der Waals surface area contributed by atoms with Crippen LogP contribution in [0.15, 0.2) is 24.3 Å². The van der Waals surface area contributed by atoms with E-state index in [-0.39, 0.29) is 0 Å². The van der Waals surface area contributed by atoms with E-state index in [4.69, 9.17) is 22.3 Å². The van der Waals surface area contributed by atoms with Gasteiger partial charge in [-0.1, -0.05) is 23.7 Å². The third kappa shape index (κ3) is 2.86. The van der Waals surface area contributed by atoms with E-state index in [0.29, 0.717) is 10.6 Å². The van der Waals surface area contributed by atoms with E-state index in [0.717, 1.165) is 0 Å².